The first-order valence-electron chi connectivity index (χ1n) is 16.0. The number of aliphatic hydroxyl groups excluding tert-OH is 1. The largest absolute Gasteiger partial charge is 0.496 e. The highest BCUT2D eigenvalue weighted by Gasteiger charge is 2.55. The van der Waals surface area contributed by atoms with Gasteiger partial charge in [0.2, 0.25) is 11.8 Å². The first kappa shape index (κ1) is 34.5. The Bertz CT molecular complexity index is 1320. The number of piperidine rings is 1. The predicted molar refractivity (Wildman–Crippen MR) is 172 cm³/mol. The number of benzene rings is 2. The summed E-state index contributed by atoms with van der Waals surface area (Å²) in [5.74, 6) is 0.0554. The normalized spacial score (nSPS) is 21.1. The van der Waals surface area contributed by atoms with Gasteiger partial charge in [0.25, 0.3) is 0 Å². The maximum atomic E-state index is 13.8. The molecule has 1 spiro atoms. The van der Waals surface area contributed by atoms with Crippen LogP contribution in [0.3, 0.4) is 0 Å². The summed E-state index contributed by atoms with van der Waals surface area (Å²) < 4.78 is 11.1. The standard InChI is InChI=1S/C34H45N3O7.ClH/c1-3-4-18-37-31(39)29(30(38)24-8-6-5-7-9-24)35-33(42)34(37)16-19-36(20-17-34)22-23-10-12-25(13-11-23)44-26-14-15-27(32(40)41)28(21-26)43-2;/h10-15,21,24,29-30,38H,3-9,16-20,22H2,1-2H3,(H,35,42)(H,40,41);1H/t29-,30-;/m1./s1. The van der Waals surface area contributed by atoms with Gasteiger partial charge in [-0.25, -0.2) is 4.79 Å². The number of methoxy groups -OCH3 is 1. The van der Waals surface area contributed by atoms with Gasteiger partial charge in [0.1, 0.15) is 34.4 Å². The van der Waals surface area contributed by atoms with Gasteiger partial charge >= 0.3 is 5.97 Å². The van der Waals surface area contributed by atoms with E-state index >= 15 is 0 Å². The third kappa shape index (κ3) is 7.56. The van der Waals surface area contributed by atoms with Crippen LogP contribution < -0.4 is 14.8 Å². The van der Waals surface area contributed by atoms with Crippen molar-refractivity contribution in [2.75, 3.05) is 26.7 Å². The molecule has 2 aromatic carbocycles. The Hall–Kier alpha value is -3.34. The first-order valence-corrected chi connectivity index (χ1v) is 16.0. The fourth-order valence-electron chi connectivity index (χ4n) is 7.01. The van der Waals surface area contributed by atoms with Crippen molar-refractivity contribution in [1.82, 2.24) is 15.1 Å². The molecule has 0 aromatic heterocycles. The number of carboxylic acids is 1. The van der Waals surface area contributed by atoms with E-state index in [1.165, 1.54) is 13.2 Å². The van der Waals surface area contributed by atoms with Crippen LogP contribution in [0, 0.1) is 5.92 Å². The van der Waals surface area contributed by atoms with Crippen molar-refractivity contribution in [3.63, 3.8) is 0 Å². The molecule has 2 heterocycles. The van der Waals surface area contributed by atoms with Gasteiger partial charge in [0.15, 0.2) is 0 Å². The van der Waals surface area contributed by atoms with Crippen molar-refractivity contribution < 1.29 is 34.1 Å². The fraction of sp³-hybridized carbons (Fsp3) is 0.559. The molecule has 2 saturated heterocycles. The summed E-state index contributed by atoms with van der Waals surface area (Å²) in [4.78, 5) is 43.1. The molecule has 0 bridgehead atoms. The van der Waals surface area contributed by atoms with Crippen molar-refractivity contribution in [3.05, 3.63) is 53.6 Å². The summed E-state index contributed by atoms with van der Waals surface area (Å²) in [5, 5.41) is 23.5. The van der Waals surface area contributed by atoms with Crippen molar-refractivity contribution in [2.24, 2.45) is 5.92 Å². The number of hydrogen-bond acceptors (Lipinski definition) is 7. The van der Waals surface area contributed by atoms with Crippen molar-refractivity contribution in [3.8, 4) is 17.2 Å². The van der Waals surface area contributed by atoms with E-state index in [-0.39, 0.29) is 41.5 Å². The summed E-state index contributed by atoms with van der Waals surface area (Å²) in [6.45, 7) is 4.66. The Morgan fingerprint density at radius 1 is 1.04 bits per heavy atom. The SMILES string of the molecule is CCCCN1C(=O)[C@@H]([C@H](O)C2CCCCC2)NC(=O)C12CCN(Cc1ccc(Oc3ccc(C(=O)O)c(OC)c3)cc1)CC2.Cl. The molecule has 3 aliphatic rings. The van der Waals surface area contributed by atoms with E-state index in [4.69, 9.17) is 9.47 Å². The molecule has 0 unspecified atom stereocenters. The van der Waals surface area contributed by atoms with Crippen LogP contribution in [0.25, 0.3) is 0 Å². The third-order valence-corrected chi connectivity index (χ3v) is 9.62. The molecule has 2 aliphatic heterocycles. The number of aliphatic hydroxyl groups is 1. The monoisotopic (exact) mass is 643 g/mol. The zero-order chi connectivity index (χ0) is 31.3. The second-order valence-electron chi connectivity index (χ2n) is 12.4. The highest BCUT2D eigenvalue weighted by atomic mass is 35.5. The summed E-state index contributed by atoms with van der Waals surface area (Å²) in [5.41, 5.74) is 0.286. The minimum atomic E-state index is -1.07. The maximum Gasteiger partial charge on any atom is 0.339 e. The molecule has 1 saturated carbocycles. The molecule has 0 radical (unpaired) electrons. The Balaban J connectivity index is 0.00000461. The minimum Gasteiger partial charge on any atom is -0.496 e. The predicted octanol–water partition coefficient (Wildman–Crippen LogP) is 5.01. The highest BCUT2D eigenvalue weighted by molar-refractivity contribution is 6.00. The zero-order valence-corrected chi connectivity index (χ0v) is 27.0. The second kappa shape index (κ2) is 15.3. The van der Waals surface area contributed by atoms with Crippen molar-refractivity contribution in [1.29, 1.82) is 0 Å². The Morgan fingerprint density at radius 2 is 1.71 bits per heavy atom. The molecular formula is C34H46ClN3O7. The van der Waals surface area contributed by atoms with Gasteiger partial charge in [-0.1, -0.05) is 44.7 Å². The van der Waals surface area contributed by atoms with Gasteiger partial charge in [0, 0.05) is 32.2 Å². The Kier molecular flexibility index (Phi) is 11.7. The number of rotatable bonds is 11. The molecule has 2 amide bonds. The van der Waals surface area contributed by atoms with Crippen LogP contribution in [-0.4, -0.2) is 82.2 Å². The van der Waals surface area contributed by atoms with Crippen molar-refractivity contribution >= 4 is 30.2 Å². The van der Waals surface area contributed by atoms with Crippen LogP contribution in [0.15, 0.2) is 42.5 Å². The van der Waals surface area contributed by atoms with E-state index < -0.39 is 23.7 Å². The van der Waals surface area contributed by atoms with Crippen LogP contribution in [0.5, 0.6) is 17.2 Å². The molecule has 246 valence electrons. The molecule has 2 atom stereocenters. The lowest BCUT2D eigenvalue weighted by atomic mass is 9.78. The van der Waals surface area contributed by atoms with Gasteiger partial charge in [-0.05, 0) is 67.9 Å². The average molecular weight is 644 g/mol. The number of carboxylic acid groups (broad SMARTS) is 1. The number of ether oxygens (including phenoxy) is 2. The lowest BCUT2D eigenvalue weighted by molar-refractivity contribution is -0.166. The molecule has 10 nitrogen and oxygen atoms in total. The Morgan fingerprint density at radius 3 is 2.33 bits per heavy atom. The summed E-state index contributed by atoms with van der Waals surface area (Å²) in [7, 11) is 1.42. The number of piperazine rings is 1. The number of carbonyl (C=O) groups excluding carboxylic acids is 2. The highest BCUT2D eigenvalue weighted by Crippen LogP contribution is 2.37. The number of carbonyl (C=O) groups is 3. The van der Waals surface area contributed by atoms with Gasteiger partial charge in [0.05, 0.1) is 13.2 Å². The number of nitrogens with one attached hydrogen (secondary N) is 1. The second-order valence-corrected chi connectivity index (χ2v) is 12.4. The minimum absolute atomic E-state index is 0. The Labute approximate surface area is 271 Å². The molecule has 3 fully saturated rings. The molecule has 5 rings (SSSR count). The van der Waals surface area contributed by atoms with Gasteiger partial charge in [-0.15, -0.1) is 12.4 Å². The van der Waals surface area contributed by atoms with E-state index in [1.807, 2.05) is 29.2 Å². The quantitative estimate of drug-likeness (QED) is 0.312. The van der Waals surface area contributed by atoms with Gasteiger partial charge < -0.3 is 29.9 Å². The van der Waals surface area contributed by atoms with E-state index in [1.54, 1.807) is 12.1 Å². The smallest absolute Gasteiger partial charge is 0.339 e. The van der Waals surface area contributed by atoms with Crippen LogP contribution in [-0.2, 0) is 16.1 Å². The fourth-order valence-corrected chi connectivity index (χ4v) is 7.01. The maximum absolute atomic E-state index is 13.8. The lowest BCUT2D eigenvalue weighted by Crippen LogP contribution is -2.75. The summed E-state index contributed by atoms with van der Waals surface area (Å²) >= 11 is 0. The number of aromatic carboxylic acids is 1. The molecule has 3 N–H and O–H groups in total. The van der Waals surface area contributed by atoms with Crippen LogP contribution in [0.4, 0.5) is 0 Å². The average Bonchev–Trinajstić information content (AvgIpc) is 3.04. The zero-order valence-electron chi connectivity index (χ0n) is 26.2. The third-order valence-electron chi connectivity index (χ3n) is 9.62. The first-order chi connectivity index (χ1) is 21.3. The lowest BCUT2D eigenvalue weighted by Gasteiger charge is -2.52. The molecule has 45 heavy (non-hydrogen) atoms. The number of hydrogen-bond donors (Lipinski definition) is 3. The van der Waals surface area contributed by atoms with Crippen LogP contribution in [0.1, 0.15) is 80.6 Å². The molecule has 1 aliphatic carbocycles. The van der Waals surface area contributed by atoms with Crippen LogP contribution >= 0.6 is 12.4 Å². The molecular weight excluding hydrogens is 598 g/mol. The van der Waals surface area contributed by atoms with E-state index in [9.17, 15) is 24.6 Å². The summed E-state index contributed by atoms with van der Waals surface area (Å²) in [6.07, 6.45) is 7.08. The summed E-state index contributed by atoms with van der Waals surface area (Å²) in [6, 6.07) is 11.5. The number of nitrogens with zero attached hydrogens (tertiary/aromatic N) is 2. The van der Waals surface area contributed by atoms with Gasteiger partial charge in [-0.3, -0.25) is 14.5 Å². The number of amides is 2. The topological polar surface area (TPSA) is 129 Å². The van der Waals surface area contributed by atoms with Gasteiger partial charge in [-0.2, -0.15) is 0 Å². The van der Waals surface area contributed by atoms with E-state index in [2.05, 4.69) is 17.1 Å². The molecule has 11 heteroatoms. The number of likely N-dealkylation sites (tertiary alicyclic amines) is 1. The number of halogens is 1. The van der Waals surface area contributed by atoms with E-state index in [0.717, 1.165) is 50.5 Å². The van der Waals surface area contributed by atoms with Crippen LogP contribution in [0.2, 0.25) is 0 Å². The molecule has 2 aromatic rings. The van der Waals surface area contributed by atoms with Crippen molar-refractivity contribution in [2.45, 2.75) is 88.9 Å². The number of unbranched alkanes of at least 4 members (excludes halogenated alkanes) is 1. The van der Waals surface area contributed by atoms with E-state index in [0.29, 0.717) is 50.5 Å².